The summed E-state index contributed by atoms with van der Waals surface area (Å²) < 4.78 is 25.9. The molecule has 1 aromatic heterocycles. The summed E-state index contributed by atoms with van der Waals surface area (Å²) in [4.78, 5) is 24.0. The Morgan fingerprint density at radius 3 is 2.96 bits per heavy atom. The van der Waals surface area contributed by atoms with Crippen LogP contribution < -0.4 is 15.8 Å². The molecule has 2 heterocycles. The van der Waals surface area contributed by atoms with Crippen LogP contribution in [0.2, 0.25) is 0 Å². The average Bonchev–Trinajstić information content (AvgIpc) is 3.13. The second-order valence-electron chi connectivity index (χ2n) is 5.57. The first kappa shape index (κ1) is 14.5. The van der Waals surface area contributed by atoms with E-state index in [4.69, 9.17) is 9.15 Å². The largest absolute Gasteiger partial charge is 0.492 e. The third-order valence-electron chi connectivity index (χ3n) is 4.08. The van der Waals surface area contributed by atoms with Crippen LogP contribution in [0.15, 0.2) is 39.5 Å². The molecule has 0 radical (unpaired) electrons. The molecule has 4 rings (SSSR count). The third kappa shape index (κ3) is 2.17. The Kier molecular flexibility index (Phi) is 3.16. The van der Waals surface area contributed by atoms with Gasteiger partial charge in [0.15, 0.2) is 5.58 Å². The van der Waals surface area contributed by atoms with Crippen molar-refractivity contribution in [1.29, 1.82) is 0 Å². The van der Waals surface area contributed by atoms with Crippen molar-refractivity contribution in [1.82, 2.24) is 4.57 Å². The molecule has 1 aliphatic heterocycles. The van der Waals surface area contributed by atoms with E-state index >= 15 is 0 Å². The van der Waals surface area contributed by atoms with Gasteiger partial charge in [-0.05, 0) is 29.8 Å². The van der Waals surface area contributed by atoms with Gasteiger partial charge in [0.05, 0.1) is 12.1 Å². The fraction of sp³-hybridized carbons (Fsp3) is 0.176. The Morgan fingerprint density at radius 1 is 1.29 bits per heavy atom. The average molecular weight is 328 g/mol. The summed E-state index contributed by atoms with van der Waals surface area (Å²) in [7, 11) is 1.57. The number of aromatic nitrogens is 1. The number of carbonyl (C=O) groups is 1. The standard InChI is InChI=1S/C17H13FN2O4/c1-20-12-8-10(3-5-13(12)24-17(20)22)19-16(21)14-11(18)4-2-9-6-7-23-15(9)14/h2-5,8H,6-7H2,1H3,(H,19,21). The fourth-order valence-corrected chi connectivity index (χ4v) is 2.84. The Hall–Kier alpha value is -3.09. The van der Waals surface area contributed by atoms with E-state index < -0.39 is 17.5 Å². The summed E-state index contributed by atoms with van der Waals surface area (Å²) in [5, 5.41) is 2.64. The number of hydrogen-bond acceptors (Lipinski definition) is 4. The minimum atomic E-state index is -0.634. The summed E-state index contributed by atoms with van der Waals surface area (Å²) in [5.41, 5.74) is 2.09. The summed E-state index contributed by atoms with van der Waals surface area (Å²) in [6, 6.07) is 7.66. The Bertz CT molecular complexity index is 1030. The van der Waals surface area contributed by atoms with E-state index in [-0.39, 0.29) is 5.56 Å². The number of nitrogens with zero attached hydrogens (tertiary/aromatic N) is 1. The number of carbonyl (C=O) groups excluding carboxylic acids is 1. The highest BCUT2D eigenvalue weighted by molar-refractivity contribution is 6.07. The van der Waals surface area contributed by atoms with Gasteiger partial charge in [0.1, 0.15) is 17.1 Å². The minimum Gasteiger partial charge on any atom is -0.492 e. The molecule has 2 aromatic carbocycles. The highest BCUT2D eigenvalue weighted by Gasteiger charge is 2.25. The van der Waals surface area contributed by atoms with Crippen LogP contribution in [0.4, 0.5) is 10.1 Å². The zero-order valence-corrected chi connectivity index (χ0v) is 12.8. The second-order valence-corrected chi connectivity index (χ2v) is 5.57. The van der Waals surface area contributed by atoms with E-state index in [2.05, 4.69) is 5.32 Å². The molecule has 0 atom stereocenters. The molecule has 6 nitrogen and oxygen atoms in total. The maximum absolute atomic E-state index is 14.1. The van der Waals surface area contributed by atoms with Crippen LogP contribution >= 0.6 is 0 Å². The Labute approximate surface area is 135 Å². The van der Waals surface area contributed by atoms with Crippen molar-refractivity contribution >= 4 is 22.7 Å². The van der Waals surface area contributed by atoms with Crippen molar-refractivity contribution < 1.29 is 18.3 Å². The molecule has 0 unspecified atom stereocenters. The molecular formula is C17H13FN2O4. The number of halogens is 1. The zero-order chi connectivity index (χ0) is 16.8. The molecule has 24 heavy (non-hydrogen) atoms. The molecule has 0 bridgehead atoms. The van der Waals surface area contributed by atoms with Gasteiger partial charge in [0, 0.05) is 19.2 Å². The molecule has 0 fully saturated rings. The first-order valence-electron chi connectivity index (χ1n) is 7.39. The predicted octanol–water partition coefficient (Wildman–Crippen LogP) is 2.46. The lowest BCUT2D eigenvalue weighted by molar-refractivity contribution is 0.102. The van der Waals surface area contributed by atoms with Crippen molar-refractivity contribution in [3.8, 4) is 5.75 Å². The molecule has 122 valence electrons. The van der Waals surface area contributed by atoms with Gasteiger partial charge in [-0.15, -0.1) is 0 Å². The number of ether oxygens (including phenoxy) is 1. The molecule has 0 spiro atoms. The molecule has 0 aliphatic carbocycles. The van der Waals surface area contributed by atoms with Crippen LogP contribution in [0.25, 0.3) is 11.1 Å². The van der Waals surface area contributed by atoms with Crippen molar-refractivity contribution in [3.63, 3.8) is 0 Å². The van der Waals surface area contributed by atoms with Crippen LogP contribution in [0.3, 0.4) is 0 Å². The number of aryl methyl sites for hydroxylation is 1. The van der Waals surface area contributed by atoms with Crippen LogP contribution in [0, 0.1) is 5.82 Å². The number of fused-ring (bicyclic) bond motifs is 2. The third-order valence-corrected chi connectivity index (χ3v) is 4.08. The molecule has 3 aromatic rings. The summed E-state index contributed by atoms with van der Waals surface area (Å²) in [6.07, 6.45) is 0.652. The molecule has 0 saturated carbocycles. The van der Waals surface area contributed by atoms with Gasteiger partial charge in [0.2, 0.25) is 0 Å². The van der Waals surface area contributed by atoms with Gasteiger partial charge in [-0.3, -0.25) is 9.36 Å². The van der Waals surface area contributed by atoms with Crippen molar-refractivity contribution in [2.24, 2.45) is 7.05 Å². The number of amides is 1. The van der Waals surface area contributed by atoms with Crippen molar-refractivity contribution in [2.45, 2.75) is 6.42 Å². The smallest absolute Gasteiger partial charge is 0.419 e. The maximum atomic E-state index is 14.1. The number of anilines is 1. The van der Waals surface area contributed by atoms with Gasteiger partial charge in [-0.1, -0.05) is 6.07 Å². The van der Waals surface area contributed by atoms with Crippen molar-refractivity contribution in [3.05, 3.63) is 57.8 Å². The second kappa shape index (κ2) is 5.23. The van der Waals surface area contributed by atoms with Gasteiger partial charge in [-0.2, -0.15) is 0 Å². The first-order valence-corrected chi connectivity index (χ1v) is 7.39. The number of benzene rings is 2. The lowest BCUT2D eigenvalue weighted by atomic mass is 10.1. The highest BCUT2D eigenvalue weighted by Crippen LogP contribution is 2.32. The minimum absolute atomic E-state index is 0.105. The van der Waals surface area contributed by atoms with Crippen LogP contribution in [0.1, 0.15) is 15.9 Å². The molecular weight excluding hydrogens is 315 g/mol. The summed E-state index contributed by atoms with van der Waals surface area (Å²) >= 11 is 0. The van der Waals surface area contributed by atoms with E-state index in [1.54, 1.807) is 31.3 Å². The lowest BCUT2D eigenvalue weighted by Gasteiger charge is -2.10. The Morgan fingerprint density at radius 2 is 2.12 bits per heavy atom. The van der Waals surface area contributed by atoms with Gasteiger partial charge >= 0.3 is 5.76 Å². The van der Waals surface area contributed by atoms with Crippen LogP contribution in [-0.4, -0.2) is 17.1 Å². The summed E-state index contributed by atoms with van der Waals surface area (Å²) in [6.45, 7) is 0.433. The van der Waals surface area contributed by atoms with E-state index in [0.29, 0.717) is 35.6 Å². The quantitative estimate of drug-likeness (QED) is 0.784. The van der Waals surface area contributed by atoms with Gasteiger partial charge in [0.25, 0.3) is 5.91 Å². The SMILES string of the molecule is Cn1c(=O)oc2ccc(NC(=O)c3c(F)ccc4c3OCC4)cc21. The number of oxazole rings is 1. The lowest BCUT2D eigenvalue weighted by Crippen LogP contribution is -2.15. The van der Waals surface area contributed by atoms with Crippen molar-refractivity contribution in [2.75, 3.05) is 11.9 Å². The van der Waals surface area contributed by atoms with E-state index in [9.17, 15) is 14.0 Å². The van der Waals surface area contributed by atoms with Crippen LogP contribution in [0.5, 0.6) is 5.75 Å². The van der Waals surface area contributed by atoms with Crippen LogP contribution in [-0.2, 0) is 13.5 Å². The topological polar surface area (TPSA) is 73.5 Å². The number of hydrogen-bond donors (Lipinski definition) is 1. The molecule has 1 N–H and O–H groups in total. The number of rotatable bonds is 2. The Balaban J connectivity index is 1.71. The number of nitrogens with one attached hydrogen (secondary N) is 1. The van der Waals surface area contributed by atoms with E-state index in [0.717, 1.165) is 5.56 Å². The predicted molar refractivity (Wildman–Crippen MR) is 85.0 cm³/mol. The van der Waals surface area contributed by atoms with E-state index in [1.807, 2.05) is 0 Å². The van der Waals surface area contributed by atoms with Gasteiger partial charge in [-0.25, -0.2) is 9.18 Å². The van der Waals surface area contributed by atoms with E-state index in [1.165, 1.54) is 10.6 Å². The monoisotopic (exact) mass is 328 g/mol. The first-order chi connectivity index (χ1) is 11.5. The highest BCUT2D eigenvalue weighted by atomic mass is 19.1. The summed E-state index contributed by atoms with van der Waals surface area (Å²) in [5.74, 6) is -1.43. The molecule has 1 amide bonds. The van der Waals surface area contributed by atoms with Gasteiger partial charge < -0.3 is 14.5 Å². The molecule has 0 saturated heterocycles. The molecule has 1 aliphatic rings. The maximum Gasteiger partial charge on any atom is 0.419 e. The zero-order valence-electron chi connectivity index (χ0n) is 12.8. The normalized spacial score (nSPS) is 12.9. The molecule has 7 heteroatoms. The fourth-order valence-electron chi connectivity index (χ4n) is 2.84.